The second-order valence-electron chi connectivity index (χ2n) is 12.4. The average molecular weight is 631 g/mol. The van der Waals surface area contributed by atoms with E-state index < -0.39 is 71.8 Å². The van der Waals surface area contributed by atoms with E-state index in [1.165, 1.54) is 20.3 Å². The molecule has 13 nitrogen and oxygen atoms in total. The fourth-order valence-electron chi connectivity index (χ4n) is 8.04. The summed E-state index contributed by atoms with van der Waals surface area (Å²) in [6, 6.07) is 0. The molecule has 1 spiro atoms. The number of cyclic esters (lactones) is 3. The van der Waals surface area contributed by atoms with Gasteiger partial charge in [-0.05, 0) is 43.8 Å². The quantitative estimate of drug-likeness (QED) is 0.190. The van der Waals surface area contributed by atoms with Gasteiger partial charge < -0.3 is 43.4 Å². The highest BCUT2D eigenvalue weighted by Gasteiger charge is 2.64. The first kappa shape index (κ1) is 31.6. The van der Waals surface area contributed by atoms with E-state index >= 15 is 0 Å². The highest BCUT2D eigenvalue weighted by molar-refractivity contribution is 6.14. The third-order valence-corrected chi connectivity index (χ3v) is 9.97. The van der Waals surface area contributed by atoms with Crippen LogP contribution in [0, 0.1) is 23.7 Å². The van der Waals surface area contributed by atoms with Crippen LogP contribution in [-0.4, -0.2) is 104 Å². The maximum absolute atomic E-state index is 13.8. The number of allylic oxidation sites excluding steroid dienone is 1. The number of methoxy groups -OCH3 is 2. The first-order valence-corrected chi connectivity index (χ1v) is 15.2. The van der Waals surface area contributed by atoms with Crippen molar-refractivity contribution in [1.29, 1.82) is 0 Å². The molecule has 13 heteroatoms. The van der Waals surface area contributed by atoms with Crippen LogP contribution in [0.4, 0.5) is 0 Å². The summed E-state index contributed by atoms with van der Waals surface area (Å²) in [6.07, 6.45) is 3.27. The summed E-state index contributed by atoms with van der Waals surface area (Å²) in [7, 11) is 2.82. The molecule has 0 amide bonds. The molecule has 0 radical (unpaired) electrons. The first-order chi connectivity index (χ1) is 21.6. The number of rotatable bonds is 2. The van der Waals surface area contributed by atoms with Crippen LogP contribution in [0.5, 0.6) is 0 Å². The SMILES string of the molecule is CO[C@H]1[C@H](OC)C(=O)O[C@H]2[C@@H](O)CO/C=C\C3=C(CCC(=O)OC[C@@H]2/C=C(/C)[C@@]24O[C@H]5C[C@@H](O)[C@@H]2[C@@H](C=C[C@H]14)C5)C(=O)OC3=O. The van der Waals surface area contributed by atoms with Gasteiger partial charge in [-0.2, -0.15) is 0 Å². The molecular formula is C32H38O13. The summed E-state index contributed by atoms with van der Waals surface area (Å²) < 4.78 is 40.1. The van der Waals surface area contributed by atoms with Gasteiger partial charge in [0, 0.05) is 32.5 Å². The van der Waals surface area contributed by atoms with Gasteiger partial charge in [0.05, 0.1) is 35.5 Å². The standard InChI is InChI=1S/C32H38O13/c1-15-10-17-13-42-24(35)7-5-19-20(30(37)44-29(19)36)8-9-41-14-23(34)26(17)43-31(38)28(40-3)27(39-2)21-6-4-16-11-18-12-22(33)25(16)32(15,21)45-18/h4,6,8-10,16-18,21-23,25-28,33-34H,5,7,11-14H2,1-3H3/b9-8-,15-10-/t16-,17-,18+,21+,22+,23-,25-,26+,27+,28-,32-/m0/s1. The maximum atomic E-state index is 13.8. The fraction of sp³-hybridized carbons (Fsp3) is 0.625. The summed E-state index contributed by atoms with van der Waals surface area (Å²) >= 11 is 0. The number of fused-ring (bicyclic) bond motifs is 2. The molecule has 2 saturated heterocycles. The van der Waals surface area contributed by atoms with E-state index in [4.69, 9.17) is 28.4 Å². The van der Waals surface area contributed by atoms with Gasteiger partial charge in [-0.25, -0.2) is 14.4 Å². The van der Waals surface area contributed by atoms with Gasteiger partial charge in [-0.15, -0.1) is 0 Å². The number of carbonyl (C=O) groups is 4. The van der Waals surface area contributed by atoms with Crippen molar-refractivity contribution in [3.05, 3.63) is 47.3 Å². The molecule has 7 rings (SSSR count). The molecule has 0 aromatic rings. The molecule has 2 aliphatic carbocycles. The molecule has 11 atom stereocenters. The summed E-state index contributed by atoms with van der Waals surface area (Å²) in [4.78, 5) is 51.1. The van der Waals surface area contributed by atoms with Crippen molar-refractivity contribution in [2.24, 2.45) is 23.7 Å². The predicted molar refractivity (Wildman–Crippen MR) is 151 cm³/mol. The molecule has 5 heterocycles. The number of hydrogen-bond acceptors (Lipinski definition) is 13. The van der Waals surface area contributed by atoms with E-state index in [0.29, 0.717) is 12.0 Å². The van der Waals surface area contributed by atoms with Gasteiger partial charge in [-0.1, -0.05) is 18.2 Å². The molecule has 0 unspecified atom stereocenters. The lowest BCUT2D eigenvalue weighted by molar-refractivity contribution is -0.267. The van der Waals surface area contributed by atoms with Crippen LogP contribution in [0.15, 0.2) is 47.3 Å². The molecule has 7 aliphatic rings. The van der Waals surface area contributed by atoms with E-state index in [9.17, 15) is 29.4 Å². The summed E-state index contributed by atoms with van der Waals surface area (Å²) in [5.41, 5.74) is -0.438. The van der Waals surface area contributed by atoms with Crippen LogP contribution in [0.3, 0.4) is 0 Å². The van der Waals surface area contributed by atoms with Gasteiger partial charge >= 0.3 is 23.9 Å². The second kappa shape index (κ2) is 12.4. The van der Waals surface area contributed by atoms with E-state index in [-0.39, 0.29) is 55.1 Å². The number of carbonyl (C=O) groups excluding carboxylic acids is 4. The highest BCUT2D eigenvalue weighted by atomic mass is 16.6. The minimum atomic E-state index is -1.44. The Bertz CT molecular complexity index is 1360. The number of esters is 4. The Hall–Kier alpha value is -3.36. The zero-order valence-corrected chi connectivity index (χ0v) is 25.3. The molecule has 45 heavy (non-hydrogen) atoms. The van der Waals surface area contributed by atoms with Crippen molar-refractivity contribution in [2.45, 2.75) is 74.8 Å². The van der Waals surface area contributed by atoms with Gasteiger partial charge in [0.1, 0.15) is 37.1 Å². The number of aliphatic hydroxyl groups is 2. The summed E-state index contributed by atoms with van der Waals surface area (Å²) in [5.74, 6) is -4.98. The van der Waals surface area contributed by atoms with Gasteiger partial charge in [0.2, 0.25) is 0 Å². The normalized spacial score (nSPS) is 43.7. The zero-order valence-electron chi connectivity index (χ0n) is 25.3. The Labute approximate surface area is 259 Å². The molecule has 2 N–H and O–H groups in total. The smallest absolute Gasteiger partial charge is 0.346 e. The van der Waals surface area contributed by atoms with Gasteiger partial charge in [0.25, 0.3) is 0 Å². The molecular weight excluding hydrogens is 592 g/mol. The number of aliphatic hydroxyl groups excluding tert-OH is 2. The Balaban J connectivity index is 1.42. The Morgan fingerprint density at radius 1 is 0.933 bits per heavy atom. The minimum Gasteiger partial charge on any atom is -0.498 e. The molecule has 3 fully saturated rings. The van der Waals surface area contributed by atoms with Crippen molar-refractivity contribution >= 4 is 23.9 Å². The van der Waals surface area contributed by atoms with Gasteiger partial charge in [0.15, 0.2) is 6.10 Å². The second-order valence-corrected chi connectivity index (χ2v) is 12.4. The van der Waals surface area contributed by atoms with Crippen molar-refractivity contribution in [1.82, 2.24) is 0 Å². The molecule has 1 saturated carbocycles. The monoisotopic (exact) mass is 630 g/mol. The van der Waals surface area contributed by atoms with Crippen molar-refractivity contribution in [3.8, 4) is 0 Å². The lowest BCUT2D eigenvalue weighted by Gasteiger charge is -2.62. The van der Waals surface area contributed by atoms with Crippen LogP contribution < -0.4 is 0 Å². The lowest BCUT2D eigenvalue weighted by atomic mass is 9.54. The van der Waals surface area contributed by atoms with Crippen LogP contribution in [-0.2, 0) is 52.3 Å². The van der Waals surface area contributed by atoms with E-state index in [1.54, 1.807) is 6.08 Å². The van der Waals surface area contributed by atoms with Crippen LogP contribution >= 0.6 is 0 Å². The van der Waals surface area contributed by atoms with E-state index in [0.717, 1.165) is 12.7 Å². The van der Waals surface area contributed by atoms with E-state index in [2.05, 4.69) is 10.8 Å². The predicted octanol–water partition coefficient (Wildman–Crippen LogP) is 0.823. The Morgan fingerprint density at radius 2 is 1.73 bits per heavy atom. The van der Waals surface area contributed by atoms with Gasteiger partial charge in [-0.3, -0.25) is 4.79 Å². The maximum Gasteiger partial charge on any atom is 0.346 e. The minimum absolute atomic E-state index is 0.0158. The summed E-state index contributed by atoms with van der Waals surface area (Å²) in [6.45, 7) is 1.17. The fourth-order valence-corrected chi connectivity index (χ4v) is 8.04. The molecule has 0 aromatic heterocycles. The molecule has 4 bridgehead atoms. The lowest BCUT2D eigenvalue weighted by Crippen LogP contribution is -2.69. The molecule has 244 valence electrons. The molecule has 5 aliphatic heterocycles. The summed E-state index contributed by atoms with van der Waals surface area (Å²) in [5, 5.41) is 22.7. The number of ether oxygens (including phenoxy) is 7. The van der Waals surface area contributed by atoms with Crippen molar-refractivity contribution in [2.75, 3.05) is 27.4 Å². The Morgan fingerprint density at radius 3 is 2.47 bits per heavy atom. The average Bonchev–Trinajstić information content (AvgIpc) is 3.28. The van der Waals surface area contributed by atoms with Crippen molar-refractivity contribution in [3.63, 3.8) is 0 Å². The zero-order chi connectivity index (χ0) is 32.0. The highest BCUT2D eigenvalue weighted by Crippen LogP contribution is 2.58. The van der Waals surface area contributed by atoms with Crippen molar-refractivity contribution < 1.29 is 62.5 Å². The van der Waals surface area contributed by atoms with E-state index in [1.807, 2.05) is 13.0 Å². The third kappa shape index (κ3) is 5.44. The topological polar surface area (TPSA) is 173 Å². The number of hydrogen-bond donors (Lipinski definition) is 2. The van der Waals surface area contributed by atoms with Crippen LogP contribution in [0.1, 0.15) is 32.6 Å². The first-order valence-electron chi connectivity index (χ1n) is 15.2. The Kier molecular flexibility index (Phi) is 8.74. The molecule has 0 aromatic carbocycles. The van der Waals surface area contributed by atoms with Crippen LogP contribution in [0.25, 0.3) is 0 Å². The third-order valence-electron chi connectivity index (χ3n) is 9.97. The van der Waals surface area contributed by atoms with Crippen LogP contribution in [0.2, 0.25) is 0 Å². The largest absolute Gasteiger partial charge is 0.498 e.